The molecule has 3 aromatic carbocycles. The maximum atomic E-state index is 13.2. The molecule has 0 radical (unpaired) electrons. The van der Waals surface area contributed by atoms with E-state index in [4.69, 9.17) is 0 Å². The number of hydrogen-bond acceptors (Lipinski definition) is 3. The first kappa shape index (κ1) is 19.3. The second kappa shape index (κ2) is 8.57. The van der Waals surface area contributed by atoms with Crippen molar-refractivity contribution in [2.75, 3.05) is 5.32 Å². The van der Waals surface area contributed by atoms with Crippen molar-refractivity contribution in [1.82, 2.24) is 14.9 Å². The number of nitrogens with one attached hydrogen (secondary N) is 2. The monoisotopic (exact) mass is 402 g/mol. The van der Waals surface area contributed by atoms with Crippen molar-refractivity contribution in [3.8, 4) is 0 Å². The van der Waals surface area contributed by atoms with E-state index in [-0.39, 0.29) is 18.4 Å². The molecule has 4 aromatic rings. The smallest absolute Gasteiger partial charge is 0.322 e. The summed E-state index contributed by atoms with van der Waals surface area (Å²) in [5.41, 5.74) is 3.64. The average Bonchev–Trinajstić information content (AvgIpc) is 3.18. The lowest BCUT2D eigenvalue weighted by Gasteiger charge is -2.22. The summed E-state index contributed by atoms with van der Waals surface area (Å²) in [6, 6.07) is 19.9. The van der Waals surface area contributed by atoms with Crippen molar-refractivity contribution in [3.63, 3.8) is 0 Å². The van der Waals surface area contributed by atoms with Gasteiger partial charge in [-0.05, 0) is 42.0 Å². The van der Waals surface area contributed by atoms with Gasteiger partial charge in [-0.15, -0.1) is 0 Å². The Morgan fingerprint density at radius 3 is 2.43 bits per heavy atom. The van der Waals surface area contributed by atoms with Crippen LogP contribution in [0.15, 0.2) is 72.8 Å². The molecule has 0 spiro atoms. The minimum atomic E-state index is -0.373. The molecule has 4 rings (SSSR count). The van der Waals surface area contributed by atoms with E-state index in [1.165, 1.54) is 24.3 Å². The summed E-state index contributed by atoms with van der Waals surface area (Å²) in [6.45, 7) is 0.556. The molecule has 0 aliphatic rings. The highest BCUT2D eigenvalue weighted by Gasteiger charge is 2.17. The maximum Gasteiger partial charge on any atom is 0.322 e. The molecule has 0 saturated heterocycles. The Kier molecular flexibility index (Phi) is 5.52. The average molecular weight is 402 g/mol. The van der Waals surface area contributed by atoms with Crippen molar-refractivity contribution in [3.05, 3.63) is 95.6 Å². The largest absolute Gasteiger partial charge is 0.340 e. The lowest BCUT2D eigenvalue weighted by atomic mass is 10.1. The number of imidazole rings is 1. The van der Waals surface area contributed by atoms with Gasteiger partial charge in [-0.25, -0.2) is 14.2 Å². The third-order valence-electron chi connectivity index (χ3n) is 4.65. The first-order valence-electron chi connectivity index (χ1n) is 9.40. The van der Waals surface area contributed by atoms with Crippen molar-refractivity contribution in [2.45, 2.75) is 13.1 Å². The first-order chi connectivity index (χ1) is 14.6. The van der Waals surface area contributed by atoms with Gasteiger partial charge in [0.15, 0.2) is 0 Å². The number of amides is 2. The Balaban J connectivity index is 1.57. The number of rotatable bonds is 6. The van der Waals surface area contributed by atoms with Crippen LogP contribution in [-0.4, -0.2) is 27.2 Å². The molecule has 30 heavy (non-hydrogen) atoms. The van der Waals surface area contributed by atoms with Crippen LogP contribution in [0, 0.1) is 5.82 Å². The van der Waals surface area contributed by atoms with E-state index in [1.807, 2.05) is 24.3 Å². The van der Waals surface area contributed by atoms with Gasteiger partial charge in [-0.3, -0.25) is 4.79 Å². The molecule has 0 aliphatic carbocycles. The molecule has 150 valence electrons. The molecule has 1 heterocycles. The molecule has 2 N–H and O–H groups in total. The number of nitrogens with zero attached hydrogens (tertiary/aromatic N) is 2. The molecule has 0 aliphatic heterocycles. The molecule has 2 amide bonds. The van der Waals surface area contributed by atoms with Crippen LogP contribution in [-0.2, 0) is 13.1 Å². The van der Waals surface area contributed by atoms with Gasteiger partial charge in [0.25, 0.3) is 0 Å². The molecule has 0 saturated carbocycles. The number of carbonyl (C=O) groups is 2. The quantitative estimate of drug-likeness (QED) is 0.457. The number of aromatic amines is 1. The molecule has 6 nitrogen and oxygen atoms in total. The number of carbonyl (C=O) groups excluding carboxylic acids is 2. The van der Waals surface area contributed by atoms with Gasteiger partial charge < -0.3 is 15.2 Å². The maximum absolute atomic E-state index is 13.2. The van der Waals surface area contributed by atoms with Gasteiger partial charge in [0, 0.05) is 17.8 Å². The van der Waals surface area contributed by atoms with Crippen LogP contribution in [0.1, 0.15) is 21.7 Å². The summed E-state index contributed by atoms with van der Waals surface area (Å²) in [4.78, 5) is 33.2. The van der Waals surface area contributed by atoms with Crippen molar-refractivity contribution >= 4 is 29.0 Å². The first-order valence-corrected chi connectivity index (χ1v) is 9.40. The predicted molar refractivity (Wildman–Crippen MR) is 113 cm³/mol. The fraction of sp³-hybridized carbons (Fsp3) is 0.0870. The zero-order chi connectivity index (χ0) is 20.9. The topological polar surface area (TPSA) is 78.1 Å². The van der Waals surface area contributed by atoms with Crippen LogP contribution in [0.4, 0.5) is 14.9 Å². The van der Waals surface area contributed by atoms with Crippen molar-refractivity contribution in [1.29, 1.82) is 0 Å². The molecule has 0 unspecified atom stereocenters. The van der Waals surface area contributed by atoms with Crippen LogP contribution in [0.25, 0.3) is 11.0 Å². The number of fused-ring (bicyclic) bond motifs is 1. The van der Waals surface area contributed by atoms with E-state index in [0.29, 0.717) is 23.6 Å². The number of benzene rings is 3. The van der Waals surface area contributed by atoms with Gasteiger partial charge in [-0.2, -0.15) is 0 Å². The molecule has 0 bridgehead atoms. The number of halogens is 1. The second-order valence-electron chi connectivity index (χ2n) is 6.85. The lowest BCUT2D eigenvalue weighted by Crippen LogP contribution is -2.34. The van der Waals surface area contributed by atoms with Crippen LogP contribution in [0.3, 0.4) is 0 Å². The Morgan fingerprint density at radius 2 is 1.73 bits per heavy atom. The molecule has 0 atom stereocenters. The number of anilines is 1. The SMILES string of the molecule is O=Cc1ccc(CN(Cc2nc3ccccc3[nH]2)C(=O)Nc2ccc(F)cc2)cc1. The molecular weight excluding hydrogens is 383 g/mol. The van der Waals surface area contributed by atoms with Crippen LogP contribution in [0.2, 0.25) is 0 Å². The van der Waals surface area contributed by atoms with Crippen LogP contribution >= 0.6 is 0 Å². The third kappa shape index (κ3) is 4.52. The Hall–Kier alpha value is -4.00. The van der Waals surface area contributed by atoms with Crippen molar-refractivity contribution in [2.24, 2.45) is 0 Å². The zero-order valence-corrected chi connectivity index (χ0v) is 16.0. The molecule has 1 aromatic heterocycles. The number of aromatic nitrogens is 2. The summed E-state index contributed by atoms with van der Waals surface area (Å²) >= 11 is 0. The lowest BCUT2D eigenvalue weighted by molar-refractivity contribution is 0.112. The predicted octanol–water partition coefficient (Wildman–Crippen LogP) is 4.75. The number of hydrogen-bond donors (Lipinski definition) is 2. The minimum Gasteiger partial charge on any atom is -0.340 e. The summed E-state index contributed by atoms with van der Waals surface area (Å²) in [7, 11) is 0. The summed E-state index contributed by atoms with van der Waals surface area (Å²) in [5, 5.41) is 2.79. The Labute approximate surface area is 172 Å². The fourth-order valence-corrected chi connectivity index (χ4v) is 3.12. The molecule has 7 heteroatoms. The highest BCUT2D eigenvalue weighted by molar-refractivity contribution is 5.89. The Morgan fingerprint density at radius 1 is 1.00 bits per heavy atom. The van der Waals surface area contributed by atoms with Gasteiger partial charge >= 0.3 is 6.03 Å². The number of aldehydes is 1. The summed E-state index contributed by atoms with van der Waals surface area (Å²) < 4.78 is 13.2. The molecular formula is C23H19FN4O2. The van der Waals surface area contributed by atoms with E-state index in [9.17, 15) is 14.0 Å². The minimum absolute atomic E-state index is 0.247. The fourth-order valence-electron chi connectivity index (χ4n) is 3.12. The highest BCUT2D eigenvalue weighted by Crippen LogP contribution is 2.16. The van der Waals surface area contributed by atoms with E-state index in [1.54, 1.807) is 29.2 Å². The van der Waals surface area contributed by atoms with E-state index >= 15 is 0 Å². The van der Waals surface area contributed by atoms with Crippen molar-refractivity contribution < 1.29 is 14.0 Å². The number of H-pyrrole nitrogens is 1. The molecule has 0 fully saturated rings. The third-order valence-corrected chi connectivity index (χ3v) is 4.65. The highest BCUT2D eigenvalue weighted by atomic mass is 19.1. The Bertz CT molecular complexity index is 1140. The zero-order valence-electron chi connectivity index (χ0n) is 16.0. The standard InChI is InChI=1S/C23H19FN4O2/c24-18-9-11-19(12-10-18)25-23(30)28(13-16-5-7-17(15-29)8-6-16)14-22-26-20-3-1-2-4-21(20)27-22/h1-12,15H,13-14H2,(H,25,30)(H,26,27). The van der Waals surface area contributed by atoms with Gasteiger partial charge in [-0.1, -0.05) is 36.4 Å². The number of urea groups is 1. The van der Waals surface area contributed by atoms with Gasteiger partial charge in [0.05, 0.1) is 17.6 Å². The van der Waals surface area contributed by atoms with Crippen LogP contribution in [0.5, 0.6) is 0 Å². The number of para-hydroxylation sites is 2. The summed E-state index contributed by atoms with van der Waals surface area (Å²) in [5.74, 6) is 0.275. The van der Waals surface area contributed by atoms with Gasteiger partial charge in [0.2, 0.25) is 0 Å². The van der Waals surface area contributed by atoms with Crippen LogP contribution < -0.4 is 5.32 Å². The van der Waals surface area contributed by atoms with E-state index in [2.05, 4.69) is 15.3 Å². The van der Waals surface area contributed by atoms with E-state index in [0.717, 1.165) is 22.9 Å². The second-order valence-corrected chi connectivity index (χ2v) is 6.85. The van der Waals surface area contributed by atoms with E-state index < -0.39 is 0 Å². The summed E-state index contributed by atoms with van der Waals surface area (Å²) in [6.07, 6.45) is 0.775. The normalized spacial score (nSPS) is 10.7. The van der Waals surface area contributed by atoms with Gasteiger partial charge in [0.1, 0.15) is 17.9 Å².